The summed E-state index contributed by atoms with van der Waals surface area (Å²) in [5, 5.41) is 15.1. The number of rotatable bonds is 9. The summed E-state index contributed by atoms with van der Waals surface area (Å²) < 4.78 is 10.7. The van der Waals surface area contributed by atoms with Gasteiger partial charge in [0.05, 0.1) is 19.6 Å². The number of methoxy groups -OCH3 is 1. The summed E-state index contributed by atoms with van der Waals surface area (Å²) in [4.78, 5) is 54.9. The number of carbonyl (C=O) groups excluding carboxylic acids is 3. The third kappa shape index (κ3) is 7.78. The van der Waals surface area contributed by atoms with Crippen LogP contribution in [0.25, 0.3) is 0 Å². The van der Waals surface area contributed by atoms with Crippen LogP contribution in [0.1, 0.15) is 35.6 Å². The monoisotopic (exact) mass is 574 g/mol. The highest BCUT2D eigenvalue weighted by Crippen LogP contribution is 2.23. The number of hydrogen-bond donors (Lipinski definition) is 3. The Labute approximate surface area is 244 Å². The van der Waals surface area contributed by atoms with Crippen molar-refractivity contribution in [3.8, 4) is 5.75 Å². The van der Waals surface area contributed by atoms with Crippen molar-refractivity contribution in [2.24, 2.45) is 0 Å². The fourth-order valence-electron chi connectivity index (χ4n) is 4.74. The predicted molar refractivity (Wildman–Crippen MR) is 155 cm³/mol. The van der Waals surface area contributed by atoms with Gasteiger partial charge in [-0.1, -0.05) is 60.2 Å². The van der Waals surface area contributed by atoms with Crippen LogP contribution in [0.4, 0.5) is 15.3 Å². The Kier molecular flexibility index (Phi) is 9.99. The second kappa shape index (κ2) is 14.0. The van der Waals surface area contributed by atoms with Crippen molar-refractivity contribution < 1.29 is 33.8 Å². The van der Waals surface area contributed by atoms with Crippen LogP contribution in [0, 0.1) is 6.92 Å². The lowest BCUT2D eigenvalue weighted by Gasteiger charge is -2.42. The molecule has 4 amide bonds. The first-order chi connectivity index (χ1) is 20.2. The number of aryl methyl sites for hydroxylation is 1. The summed E-state index contributed by atoms with van der Waals surface area (Å²) >= 11 is 0. The van der Waals surface area contributed by atoms with Gasteiger partial charge < -0.3 is 25.2 Å². The molecule has 0 saturated carbocycles. The Bertz CT molecular complexity index is 1400. The predicted octanol–water partition coefficient (Wildman–Crippen LogP) is 4.54. The lowest BCUT2D eigenvalue weighted by molar-refractivity contribution is -0.138. The molecule has 220 valence electrons. The van der Waals surface area contributed by atoms with Crippen molar-refractivity contribution in [1.29, 1.82) is 0 Å². The average molecular weight is 575 g/mol. The second-order valence-corrected chi connectivity index (χ2v) is 9.89. The van der Waals surface area contributed by atoms with E-state index in [1.54, 1.807) is 54.6 Å². The Hall–Kier alpha value is -5.06. The highest BCUT2D eigenvalue weighted by atomic mass is 16.6. The lowest BCUT2D eigenvalue weighted by atomic mass is 10.0. The molecule has 1 aliphatic rings. The molecule has 3 aromatic rings. The maximum atomic E-state index is 13.9. The molecule has 0 aromatic heterocycles. The van der Waals surface area contributed by atoms with Crippen molar-refractivity contribution in [1.82, 2.24) is 15.1 Å². The molecule has 0 aliphatic carbocycles. The molecule has 3 N–H and O–H groups in total. The number of anilines is 1. The molecular formula is C31H34N4O7. The molecule has 4 rings (SSSR count). The molecule has 1 aliphatic heterocycles. The van der Waals surface area contributed by atoms with Crippen molar-refractivity contribution >= 4 is 29.7 Å². The average Bonchev–Trinajstić information content (AvgIpc) is 2.99. The van der Waals surface area contributed by atoms with E-state index in [0.29, 0.717) is 23.4 Å². The first-order valence-electron chi connectivity index (χ1n) is 13.5. The van der Waals surface area contributed by atoms with E-state index in [1.165, 1.54) is 16.9 Å². The van der Waals surface area contributed by atoms with Crippen molar-refractivity contribution in [3.05, 3.63) is 95.6 Å². The number of amides is 4. The summed E-state index contributed by atoms with van der Waals surface area (Å²) in [5.74, 6) is -1.21. The number of carbonyl (C=O) groups is 4. The molecule has 42 heavy (non-hydrogen) atoms. The number of aliphatic carboxylic acids is 1. The van der Waals surface area contributed by atoms with Gasteiger partial charge >= 0.3 is 18.1 Å². The molecule has 0 radical (unpaired) electrons. The molecule has 0 bridgehead atoms. The van der Waals surface area contributed by atoms with E-state index < -0.39 is 42.6 Å². The number of urea groups is 1. The molecule has 0 spiro atoms. The first-order valence-corrected chi connectivity index (χ1v) is 13.5. The zero-order valence-corrected chi connectivity index (χ0v) is 23.5. The van der Waals surface area contributed by atoms with Gasteiger partial charge in [-0.25, -0.2) is 9.59 Å². The molecule has 11 nitrogen and oxygen atoms in total. The quantitative estimate of drug-likeness (QED) is 0.341. The van der Waals surface area contributed by atoms with Crippen LogP contribution in [0.15, 0.2) is 78.9 Å². The summed E-state index contributed by atoms with van der Waals surface area (Å²) in [7, 11) is 1.53. The Balaban J connectivity index is 1.60. The number of nitrogens with one attached hydrogen (secondary N) is 2. The number of hydrogen-bond acceptors (Lipinski definition) is 6. The minimum Gasteiger partial charge on any atom is -0.497 e. The minimum absolute atomic E-state index is 0.0203. The van der Waals surface area contributed by atoms with E-state index in [9.17, 15) is 24.3 Å². The fourth-order valence-corrected chi connectivity index (χ4v) is 4.74. The van der Waals surface area contributed by atoms with Crippen molar-refractivity contribution in [2.45, 2.75) is 38.6 Å². The minimum atomic E-state index is -1.39. The van der Waals surface area contributed by atoms with Crippen LogP contribution in [0.3, 0.4) is 0 Å². The molecule has 1 fully saturated rings. The van der Waals surface area contributed by atoms with E-state index >= 15 is 0 Å². The summed E-state index contributed by atoms with van der Waals surface area (Å²) in [6, 6.07) is 21.4. The number of carboxylic acid groups (broad SMARTS) is 1. The van der Waals surface area contributed by atoms with Gasteiger partial charge in [0, 0.05) is 18.8 Å². The maximum Gasteiger partial charge on any atom is 0.412 e. The fraction of sp³-hybridized carbons (Fsp3) is 0.290. The van der Waals surface area contributed by atoms with E-state index in [0.717, 1.165) is 11.1 Å². The van der Waals surface area contributed by atoms with E-state index in [2.05, 4.69) is 10.6 Å². The molecule has 1 heterocycles. The molecule has 1 saturated heterocycles. The van der Waals surface area contributed by atoms with Gasteiger partial charge in [-0.3, -0.25) is 19.4 Å². The van der Waals surface area contributed by atoms with Crippen LogP contribution < -0.4 is 15.4 Å². The smallest absolute Gasteiger partial charge is 0.412 e. The SMILES string of the molecule is COc1ccc(NC(=O)N2CCCN(C(=O)OCc3ccccc3)C2C(=O)NC(CC(=O)O)c2cccc(C)c2)cc1. The lowest BCUT2D eigenvalue weighted by Crippen LogP contribution is -2.64. The summed E-state index contributed by atoms with van der Waals surface area (Å²) in [5.41, 5.74) is 2.71. The molecule has 2 unspecified atom stereocenters. The van der Waals surface area contributed by atoms with Gasteiger partial charge in [-0.2, -0.15) is 0 Å². The number of ether oxygens (including phenoxy) is 2. The number of carboxylic acids is 1. The van der Waals surface area contributed by atoms with Gasteiger partial charge in [0.1, 0.15) is 12.4 Å². The molecule has 3 aromatic carbocycles. The molecule has 2 atom stereocenters. The number of nitrogens with zero attached hydrogens (tertiary/aromatic N) is 2. The molecule has 11 heteroatoms. The van der Waals surface area contributed by atoms with Gasteiger partial charge in [-0.05, 0) is 48.7 Å². The topological polar surface area (TPSA) is 138 Å². The van der Waals surface area contributed by atoms with Crippen LogP contribution >= 0.6 is 0 Å². The van der Waals surface area contributed by atoms with Crippen LogP contribution in [0.5, 0.6) is 5.75 Å². The van der Waals surface area contributed by atoms with Crippen LogP contribution in [0.2, 0.25) is 0 Å². The van der Waals surface area contributed by atoms with Crippen LogP contribution in [-0.2, 0) is 20.9 Å². The first kappa shape index (κ1) is 29.9. The van der Waals surface area contributed by atoms with Crippen molar-refractivity contribution in [2.75, 3.05) is 25.5 Å². The van der Waals surface area contributed by atoms with Crippen molar-refractivity contribution in [3.63, 3.8) is 0 Å². The third-order valence-corrected chi connectivity index (χ3v) is 6.80. The highest BCUT2D eigenvalue weighted by molar-refractivity contribution is 5.95. The Morgan fingerprint density at radius 2 is 1.67 bits per heavy atom. The number of benzene rings is 3. The summed E-state index contributed by atoms with van der Waals surface area (Å²) in [6.45, 7) is 2.18. The van der Waals surface area contributed by atoms with Gasteiger partial charge in [0.2, 0.25) is 0 Å². The maximum absolute atomic E-state index is 13.9. The van der Waals surface area contributed by atoms with E-state index in [1.807, 2.05) is 31.2 Å². The van der Waals surface area contributed by atoms with Gasteiger partial charge in [0.15, 0.2) is 6.17 Å². The normalized spacial score (nSPS) is 15.3. The largest absolute Gasteiger partial charge is 0.497 e. The second-order valence-electron chi connectivity index (χ2n) is 9.89. The molecular weight excluding hydrogens is 540 g/mol. The zero-order chi connectivity index (χ0) is 30.1. The van der Waals surface area contributed by atoms with Gasteiger partial charge in [-0.15, -0.1) is 0 Å². The Morgan fingerprint density at radius 1 is 0.952 bits per heavy atom. The highest BCUT2D eigenvalue weighted by Gasteiger charge is 2.42. The zero-order valence-electron chi connectivity index (χ0n) is 23.5. The van der Waals surface area contributed by atoms with E-state index in [4.69, 9.17) is 9.47 Å². The third-order valence-electron chi connectivity index (χ3n) is 6.80. The summed E-state index contributed by atoms with van der Waals surface area (Å²) in [6.07, 6.45) is -2.15. The van der Waals surface area contributed by atoms with Crippen LogP contribution in [-0.4, -0.2) is 65.3 Å². The Morgan fingerprint density at radius 3 is 2.33 bits per heavy atom. The van der Waals surface area contributed by atoms with Gasteiger partial charge in [0.25, 0.3) is 5.91 Å². The standard InChI is InChI=1S/C31H34N4O7/c1-21-8-6-11-23(18-21)26(19-27(36)37)33-28(38)29-34(30(39)32-24-12-14-25(41-2)15-13-24)16-7-17-35(29)31(40)42-20-22-9-4-3-5-10-22/h3-6,8-15,18,26,29H,7,16-17,19-20H2,1-2H3,(H,32,39)(H,33,38)(H,36,37). The van der Waals surface area contributed by atoms with E-state index in [-0.39, 0.29) is 19.7 Å².